The van der Waals surface area contributed by atoms with E-state index in [1.54, 1.807) is 24.3 Å². The van der Waals surface area contributed by atoms with Crippen LogP contribution < -0.4 is 0 Å². The highest BCUT2D eigenvalue weighted by Crippen LogP contribution is 2.19. The Hall–Kier alpha value is -2.65. The zero-order valence-corrected chi connectivity index (χ0v) is 8.31. The SMILES string of the molecule is N#Cc1cc(C#N)cc(-c2ccc[c]n2)c1. The summed E-state index contributed by atoms with van der Waals surface area (Å²) in [5.74, 6) is 0. The van der Waals surface area contributed by atoms with E-state index in [1.165, 1.54) is 0 Å². The van der Waals surface area contributed by atoms with E-state index in [0.29, 0.717) is 16.8 Å². The largest absolute Gasteiger partial charge is 0.246 e. The number of nitriles is 2. The summed E-state index contributed by atoms with van der Waals surface area (Å²) < 4.78 is 0. The minimum atomic E-state index is 0.458. The van der Waals surface area contributed by atoms with Crippen LogP contribution in [0.25, 0.3) is 11.3 Å². The van der Waals surface area contributed by atoms with Crippen LogP contribution in [-0.4, -0.2) is 4.98 Å². The van der Waals surface area contributed by atoms with Gasteiger partial charge < -0.3 is 0 Å². The van der Waals surface area contributed by atoms with Crippen molar-refractivity contribution in [2.75, 3.05) is 0 Å². The Kier molecular flexibility index (Phi) is 2.63. The Bertz CT molecular complexity index is 557. The second-order valence-electron chi connectivity index (χ2n) is 3.17. The van der Waals surface area contributed by atoms with Crippen LogP contribution >= 0.6 is 0 Å². The molecule has 3 nitrogen and oxygen atoms in total. The van der Waals surface area contributed by atoms with Crippen molar-refractivity contribution in [3.05, 3.63) is 53.7 Å². The van der Waals surface area contributed by atoms with Crippen molar-refractivity contribution >= 4 is 0 Å². The van der Waals surface area contributed by atoms with Crippen molar-refractivity contribution < 1.29 is 0 Å². The standard InChI is InChI=1S/C13H6N3/c14-8-10-5-11(9-15)7-12(6-10)13-3-1-2-4-16-13/h1-3,5-7H. The summed E-state index contributed by atoms with van der Waals surface area (Å²) >= 11 is 0. The van der Waals surface area contributed by atoms with Gasteiger partial charge in [-0.3, -0.25) is 0 Å². The predicted molar refractivity (Wildman–Crippen MR) is 57.9 cm³/mol. The number of pyridine rings is 1. The van der Waals surface area contributed by atoms with Gasteiger partial charge in [0.1, 0.15) is 0 Å². The molecule has 0 saturated heterocycles. The molecule has 0 aliphatic rings. The molecule has 3 heteroatoms. The van der Waals surface area contributed by atoms with Crippen molar-refractivity contribution in [1.82, 2.24) is 4.98 Å². The maximum absolute atomic E-state index is 8.84. The van der Waals surface area contributed by atoms with E-state index < -0.39 is 0 Å². The molecule has 73 valence electrons. The lowest BCUT2D eigenvalue weighted by atomic mass is 10.0. The highest BCUT2D eigenvalue weighted by atomic mass is 14.7. The summed E-state index contributed by atoms with van der Waals surface area (Å²) in [7, 11) is 0. The number of hydrogen-bond acceptors (Lipinski definition) is 3. The number of aromatic nitrogens is 1. The average Bonchev–Trinajstić information content (AvgIpc) is 2.39. The topological polar surface area (TPSA) is 60.5 Å². The quantitative estimate of drug-likeness (QED) is 0.716. The van der Waals surface area contributed by atoms with E-state index in [2.05, 4.69) is 11.2 Å². The van der Waals surface area contributed by atoms with E-state index in [4.69, 9.17) is 10.5 Å². The molecule has 0 bridgehead atoms. The van der Waals surface area contributed by atoms with Crippen LogP contribution in [-0.2, 0) is 0 Å². The molecular weight excluding hydrogens is 198 g/mol. The third-order valence-electron chi connectivity index (χ3n) is 2.10. The molecular formula is C13H6N3. The van der Waals surface area contributed by atoms with Crippen LogP contribution in [0.1, 0.15) is 11.1 Å². The minimum absolute atomic E-state index is 0.458. The summed E-state index contributed by atoms with van der Waals surface area (Å²) in [4.78, 5) is 4.06. The smallest absolute Gasteiger partial charge is 0.0992 e. The van der Waals surface area contributed by atoms with Crippen LogP contribution in [0.2, 0.25) is 0 Å². The zero-order valence-electron chi connectivity index (χ0n) is 8.31. The summed E-state index contributed by atoms with van der Waals surface area (Å²) in [5, 5.41) is 17.7. The lowest BCUT2D eigenvalue weighted by Gasteiger charge is -2.01. The van der Waals surface area contributed by atoms with Gasteiger partial charge in [-0.2, -0.15) is 10.5 Å². The fraction of sp³-hybridized carbons (Fsp3) is 0. The second-order valence-corrected chi connectivity index (χ2v) is 3.17. The van der Waals surface area contributed by atoms with Gasteiger partial charge in [0.15, 0.2) is 0 Å². The first-order valence-electron chi connectivity index (χ1n) is 4.62. The average molecular weight is 204 g/mol. The van der Waals surface area contributed by atoms with Gasteiger partial charge in [0.05, 0.1) is 35.2 Å². The first-order valence-corrected chi connectivity index (χ1v) is 4.62. The summed E-state index contributed by atoms with van der Waals surface area (Å²) in [6, 6.07) is 14.3. The molecule has 0 aliphatic heterocycles. The minimum Gasteiger partial charge on any atom is -0.246 e. The molecule has 0 fully saturated rings. The number of nitrogens with zero attached hydrogens (tertiary/aromatic N) is 3. The zero-order chi connectivity index (χ0) is 11.4. The Balaban J connectivity index is 2.59. The van der Waals surface area contributed by atoms with E-state index >= 15 is 0 Å². The van der Waals surface area contributed by atoms with Crippen LogP contribution in [0, 0.1) is 28.9 Å². The first kappa shape index (κ1) is 9.89. The van der Waals surface area contributed by atoms with Gasteiger partial charge in [-0.1, -0.05) is 6.07 Å². The van der Waals surface area contributed by atoms with E-state index in [9.17, 15) is 0 Å². The lowest BCUT2D eigenvalue weighted by Crippen LogP contribution is -1.86. The third-order valence-corrected chi connectivity index (χ3v) is 2.10. The molecule has 1 aromatic heterocycles. The van der Waals surface area contributed by atoms with Crippen LogP contribution in [0.15, 0.2) is 36.4 Å². The van der Waals surface area contributed by atoms with Gasteiger partial charge in [0, 0.05) is 5.56 Å². The molecule has 0 atom stereocenters. The fourth-order valence-corrected chi connectivity index (χ4v) is 1.39. The normalized spacial score (nSPS) is 9.12. The molecule has 1 heterocycles. The van der Waals surface area contributed by atoms with Crippen molar-refractivity contribution in [3.8, 4) is 23.4 Å². The Labute approximate surface area is 93.2 Å². The summed E-state index contributed by atoms with van der Waals surface area (Å²) in [6.45, 7) is 0. The molecule has 0 amide bonds. The van der Waals surface area contributed by atoms with Gasteiger partial charge in [-0.25, -0.2) is 4.98 Å². The monoisotopic (exact) mass is 204 g/mol. The van der Waals surface area contributed by atoms with Gasteiger partial charge in [0.25, 0.3) is 0 Å². The number of rotatable bonds is 1. The van der Waals surface area contributed by atoms with Crippen LogP contribution in [0.3, 0.4) is 0 Å². The molecule has 16 heavy (non-hydrogen) atoms. The molecule has 1 radical (unpaired) electrons. The van der Waals surface area contributed by atoms with Gasteiger partial charge >= 0.3 is 0 Å². The molecule has 0 aliphatic carbocycles. The maximum Gasteiger partial charge on any atom is 0.0992 e. The summed E-state index contributed by atoms with van der Waals surface area (Å²) in [5.41, 5.74) is 2.38. The van der Waals surface area contributed by atoms with Gasteiger partial charge in [-0.15, -0.1) is 0 Å². The van der Waals surface area contributed by atoms with E-state index in [0.717, 1.165) is 5.56 Å². The molecule has 0 spiro atoms. The molecule has 0 saturated carbocycles. The van der Waals surface area contributed by atoms with Gasteiger partial charge in [0.2, 0.25) is 0 Å². The first-order chi connectivity index (χ1) is 7.83. The number of benzene rings is 1. The van der Waals surface area contributed by atoms with E-state index in [-0.39, 0.29) is 0 Å². The van der Waals surface area contributed by atoms with Crippen LogP contribution in [0.4, 0.5) is 0 Å². The van der Waals surface area contributed by atoms with Crippen molar-refractivity contribution in [3.63, 3.8) is 0 Å². The van der Waals surface area contributed by atoms with Crippen molar-refractivity contribution in [2.45, 2.75) is 0 Å². The molecule has 0 N–H and O–H groups in total. The molecule has 2 rings (SSSR count). The molecule has 1 aromatic carbocycles. The van der Waals surface area contributed by atoms with E-state index in [1.807, 2.05) is 24.3 Å². The Morgan fingerprint density at radius 1 is 1.06 bits per heavy atom. The highest BCUT2D eigenvalue weighted by Gasteiger charge is 2.03. The number of hydrogen-bond donors (Lipinski definition) is 0. The van der Waals surface area contributed by atoms with Gasteiger partial charge in [-0.05, 0) is 30.3 Å². The second kappa shape index (κ2) is 4.25. The fourth-order valence-electron chi connectivity index (χ4n) is 1.39. The highest BCUT2D eigenvalue weighted by molar-refractivity contribution is 5.63. The van der Waals surface area contributed by atoms with Crippen molar-refractivity contribution in [2.24, 2.45) is 0 Å². The molecule has 2 aromatic rings. The maximum atomic E-state index is 8.84. The predicted octanol–water partition coefficient (Wildman–Crippen LogP) is 2.29. The van der Waals surface area contributed by atoms with Crippen molar-refractivity contribution in [1.29, 1.82) is 10.5 Å². The Morgan fingerprint density at radius 3 is 2.25 bits per heavy atom. The lowest BCUT2D eigenvalue weighted by molar-refractivity contribution is 1.30. The molecule has 0 unspecified atom stereocenters. The van der Waals surface area contributed by atoms with Crippen LogP contribution in [0.5, 0.6) is 0 Å². The summed E-state index contributed by atoms with van der Waals surface area (Å²) in [6.07, 6.45) is 2.72. The third kappa shape index (κ3) is 1.89. The Morgan fingerprint density at radius 2 is 1.75 bits per heavy atom.